The van der Waals surface area contributed by atoms with Crippen molar-refractivity contribution in [3.05, 3.63) is 58.6 Å². The van der Waals surface area contributed by atoms with Gasteiger partial charge in [0, 0.05) is 6.07 Å². The Morgan fingerprint density at radius 1 is 1.21 bits per heavy atom. The molecule has 0 unspecified atom stereocenters. The lowest BCUT2D eigenvalue weighted by Gasteiger charge is -2.11. The van der Waals surface area contributed by atoms with Crippen LogP contribution in [0.25, 0.3) is 5.69 Å². The van der Waals surface area contributed by atoms with Crippen molar-refractivity contribution in [3.8, 4) is 11.6 Å². The van der Waals surface area contributed by atoms with E-state index in [2.05, 4.69) is 20.4 Å². The van der Waals surface area contributed by atoms with Gasteiger partial charge in [0.25, 0.3) is 10.1 Å². The Labute approximate surface area is 178 Å². The summed E-state index contributed by atoms with van der Waals surface area (Å²) in [6, 6.07) is 9.24. The number of aryl methyl sites for hydroxylation is 1. The molecule has 2 heterocycles. The third-order valence-corrected chi connectivity index (χ3v) is 4.07. The van der Waals surface area contributed by atoms with E-state index in [0.717, 1.165) is 11.4 Å². The topological polar surface area (TPSA) is 119 Å². The second kappa shape index (κ2) is 10.4. The number of rotatable bonds is 6. The summed E-state index contributed by atoms with van der Waals surface area (Å²) >= 11 is 12.3. The molecule has 3 aromatic rings. The number of hydrogen-bond acceptors (Lipinski definition) is 7. The van der Waals surface area contributed by atoms with Crippen molar-refractivity contribution in [2.45, 2.75) is 6.92 Å². The standard InChI is InChI=1S/C16H15Cl2N5O.CH4O3S/c1-11-15(18)16(21-10-20-11)19-8-9-24-14-6-7-22-23(14)13-5-3-2-4-12(13)17;1-5(2,3)4/h2-7,10H,8-9H2,1H3,(H,19,20,21);1H3,(H,2,3,4). The summed E-state index contributed by atoms with van der Waals surface area (Å²) in [5.41, 5.74) is 1.49. The minimum absolute atomic E-state index is 0.412. The molecule has 1 aromatic carbocycles. The molecule has 2 N–H and O–H groups in total. The van der Waals surface area contributed by atoms with Crippen LogP contribution in [0, 0.1) is 6.92 Å². The molecule has 0 saturated carbocycles. The van der Waals surface area contributed by atoms with E-state index in [0.29, 0.717) is 41.2 Å². The SMILES string of the molecule is CS(=O)(=O)O.Cc1ncnc(NCCOc2ccnn2-c2ccccc2Cl)c1Cl. The zero-order valence-corrected chi connectivity index (χ0v) is 17.9. The lowest BCUT2D eigenvalue weighted by atomic mass is 10.3. The van der Waals surface area contributed by atoms with E-state index in [1.54, 1.807) is 16.9 Å². The summed E-state index contributed by atoms with van der Waals surface area (Å²) in [5, 5.41) is 8.49. The summed E-state index contributed by atoms with van der Waals surface area (Å²) in [4.78, 5) is 8.13. The number of para-hydroxylation sites is 1. The van der Waals surface area contributed by atoms with E-state index in [9.17, 15) is 8.42 Å². The average molecular weight is 460 g/mol. The number of halogens is 2. The third kappa shape index (κ3) is 7.50. The molecular formula is C17H19Cl2N5O4S. The lowest BCUT2D eigenvalue weighted by molar-refractivity contribution is 0.310. The Morgan fingerprint density at radius 3 is 2.59 bits per heavy atom. The summed E-state index contributed by atoms with van der Waals surface area (Å²) in [6.45, 7) is 2.77. The molecule has 0 radical (unpaired) electrons. The van der Waals surface area contributed by atoms with Gasteiger partial charge in [-0.1, -0.05) is 35.3 Å². The van der Waals surface area contributed by atoms with E-state index < -0.39 is 10.1 Å². The van der Waals surface area contributed by atoms with Crippen molar-refractivity contribution < 1.29 is 17.7 Å². The fourth-order valence-corrected chi connectivity index (χ4v) is 2.49. The quantitative estimate of drug-likeness (QED) is 0.425. The largest absolute Gasteiger partial charge is 0.476 e. The van der Waals surface area contributed by atoms with Gasteiger partial charge in [0.1, 0.15) is 23.8 Å². The fourth-order valence-electron chi connectivity index (χ4n) is 2.11. The number of anilines is 1. The van der Waals surface area contributed by atoms with Gasteiger partial charge in [-0.25, -0.2) is 9.97 Å². The Morgan fingerprint density at radius 2 is 1.90 bits per heavy atom. The molecule has 0 aliphatic heterocycles. The van der Waals surface area contributed by atoms with E-state index in [1.165, 1.54) is 6.33 Å². The molecule has 2 aromatic heterocycles. The molecule has 0 atom stereocenters. The number of nitrogens with zero attached hydrogens (tertiary/aromatic N) is 4. The fraction of sp³-hybridized carbons (Fsp3) is 0.235. The first-order valence-electron chi connectivity index (χ1n) is 8.22. The Balaban J connectivity index is 0.000000537. The zero-order chi connectivity index (χ0) is 21.4. The minimum Gasteiger partial charge on any atom is -0.476 e. The molecule has 0 bridgehead atoms. The van der Waals surface area contributed by atoms with E-state index in [1.807, 2.05) is 31.2 Å². The van der Waals surface area contributed by atoms with E-state index in [4.69, 9.17) is 32.5 Å². The number of benzene rings is 1. The van der Waals surface area contributed by atoms with Crippen LogP contribution in [-0.4, -0.2) is 52.1 Å². The number of aromatic nitrogens is 4. The Hall–Kier alpha value is -2.40. The van der Waals surface area contributed by atoms with Crippen LogP contribution in [0.15, 0.2) is 42.9 Å². The minimum atomic E-state index is -3.67. The summed E-state index contributed by atoms with van der Waals surface area (Å²) in [6.07, 6.45) is 3.85. The maximum absolute atomic E-state index is 9.19. The summed E-state index contributed by atoms with van der Waals surface area (Å²) in [5.74, 6) is 1.20. The number of nitrogens with one attached hydrogen (secondary N) is 1. The monoisotopic (exact) mass is 459 g/mol. The molecule has 156 valence electrons. The predicted octanol–water partition coefficient (Wildman–Crippen LogP) is 3.27. The van der Waals surface area contributed by atoms with Gasteiger partial charge in [-0.05, 0) is 19.1 Å². The second-order valence-corrected chi connectivity index (χ2v) is 7.91. The Bertz CT molecular complexity index is 1050. The lowest BCUT2D eigenvalue weighted by Crippen LogP contribution is -2.14. The van der Waals surface area contributed by atoms with Gasteiger partial charge < -0.3 is 10.1 Å². The third-order valence-electron chi connectivity index (χ3n) is 3.30. The van der Waals surface area contributed by atoms with Gasteiger partial charge in [-0.15, -0.1) is 0 Å². The van der Waals surface area contributed by atoms with E-state index >= 15 is 0 Å². The van der Waals surface area contributed by atoms with Crippen molar-refractivity contribution in [3.63, 3.8) is 0 Å². The van der Waals surface area contributed by atoms with Gasteiger partial charge in [0.05, 0.1) is 35.4 Å². The van der Waals surface area contributed by atoms with Gasteiger partial charge in [0.2, 0.25) is 5.88 Å². The van der Waals surface area contributed by atoms with Crippen LogP contribution in [-0.2, 0) is 10.1 Å². The van der Waals surface area contributed by atoms with Crippen LogP contribution in [0.5, 0.6) is 5.88 Å². The van der Waals surface area contributed by atoms with Crippen LogP contribution in [0.2, 0.25) is 10.0 Å². The van der Waals surface area contributed by atoms with Crippen molar-refractivity contribution in [1.29, 1.82) is 0 Å². The van der Waals surface area contributed by atoms with Crippen molar-refractivity contribution in [2.24, 2.45) is 0 Å². The van der Waals surface area contributed by atoms with Crippen LogP contribution >= 0.6 is 23.2 Å². The summed E-state index contributed by atoms with van der Waals surface area (Å²) in [7, 11) is -3.67. The molecular weight excluding hydrogens is 441 g/mol. The molecule has 29 heavy (non-hydrogen) atoms. The first-order valence-corrected chi connectivity index (χ1v) is 10.8. The molecule has 9 nitrogen and oxygen atoms in total. The van der Waals surface area contributed by atoms with Gasteiger partial charge in [-0.3, -0.25) is 4.55 Å². The molecule has 12 heteroatoms. The molecule has 0 saturated heterocycles. The van der Waals surface area contributed by atoms with Gasteiger partial charge in [-0.2, -0.15) is 18.2 Å². The molecule has 0 amide bonds. The molecule has 0 fully saturated rings. The van der Waals surface area contributed by atoms with Gasteiger partial charge >= 0.3 is 0 Å². The number of hydrogen-bond donors (Lipinski definition) is 2. The van der Waals surface area contributed by atoms with Crippen molar-refractivity contribution >= 4 is 39.1 Å². The second-order valence-electron chi connectivity index (χ2n) is 5.66. The first kappa shape index (κ1) is 22.9. The molecule has 0 aliphatic carbocycles. The highest BCUT2D eigenvalue weighted by Crippen LogP contribution is 2.24. The highest BCUT2D eigenvalue weighted by molar-refractivity contribution is 7.85. The Kier molecular flexibility index (Phi) is 8.21. The maximum atomic E-state index is 9.19. The molecule has 0 spiro atoms. The van der Waals surface area contributed by atoms with Crippen molar-refractivity contribution in [1.82, 2.24) is 19.7 Å². The highest BCUT2D eigenvalue weighted by atomic mass is 35.5. The predicted molar refractivity (Wildman–Crippen MR) is 112 cm³/mol. The molecule has 3 rings (SSSR count). The van der Waals surface area contributed by atoms with Crippen LogP contribution in [0.1, 0.15) is 5.69 Å². The first-order chi connectivity index (χ1) is 13.7. The normalized spacial score (nSPS) is 10.8. The highest BCUT2D eigenvalue weighted by Gasteiger charge is 2.09. The average Bonchev–Trinajstić information content (AvgIpc) is 3.09. The van der Waals surface area contributed by atoms with Crippen LogP contribution in [0.4, 0.5) is 5.82 Å². The number of ether oxygens (including phenoxy) is 1. The van der Waals surface area contributed by atoms with E-state index in [-0.39, 0.29) is 0 Å². The van der Waals surface area contributed by atoms with Gasteiger partial charge in [0.15, 0.2) is 0 Å². The summed E-state index contributed by atoms with van der Waals surface area (Å²) < 4.78 is 33.3. The molecule has 0 aliphatic rings. The van der Waals surface area contributed by atoms with Crippen LogP contribution in [0.3, 0.4) is 0 Å². The zero-order valence-electron chi connectivity index (χ0n) is 15.6. The van der Waals surface area contributed by atoms with Crippen LogP contribution < -0.4 is 10.1 Å². The smallest absolute Gasteiger partial charge is 0.261 e. The van der Waals surface area contributed by atoms with Crippen molar-refractivity contribution in [2.75, 3.05) is 24.7 Å². The maximum Gasteiger partial charge on any atom is 0.261 e.